The van der Waals surface area contributed by atoms with E-state index in [9.17, 15) is 13.6 Å². The van der Waals surface area contributed by atoms with E-state index in [-0.39, 0.29) is 17.0 Å². The molecular formula is C26H16F2N4O. The van der Waals surface area contributed by atoms with Crippen LogP contribution in [0.4, 0.5) is 8.78 Å². The van der Waals surface area contributed by atoms with Crippen molar-refractivity contribution in [1.82, 2.24) is 14.6 Å². The molecule has 0 aliphatic heterocycles. The molecule has 0 amide bonds. The zero-order valence-electron chi connectivity index (χ0n) is 17.3. The van der Waals surface area contributed by atoms with Gasteiger partial charge >= 0.3 is 0 Å². The first-order chi connectivity index (χ1) is 16.0. The number of hydrogen-bond acceptors (Lipinski definition) is 3. The Morgan fingerprint density at radius 2 is 1.76 bits per heavy atom. The van der Waals surface area contributed by atoms with Crippen LogP contribution in [-0.2, 0) is 0 Å². The fourth-order valence-corrected chi connectivity index (χ4v) is 4.30. The average molecular weight is 438 g/mol. The Bertz CT molecular complexity index is 1670. The molecule has 7 heteroatoms. The Labute approximate surface area is 186 Å². The van der Waals surface area contributed by atoms with Crippen LogP contribution in [0.3, 0.4) is 0 Å². The smallest absolute Gasteiger partial charge is 0.280 e. The Balaban J connectivity index is 1.62. The van der Waals surface area contributed by atoms with Gasteiger partial charge in [0.1, 0.15) is 11.6 Å². The Morgan fingerprint density at radius 3 is 2.45 bits per heavy atom. The van der Waals surface area contributed by atoms with E-state index in [0.29, 0.717) is 27.7 Å². The third-order valence-corrected chi connectivity index (χ3v) is 6.13. The van der Waals surface area contributed by atoms with E-state index >= 15 is 0 Å². The highest BCUT2D eigenvalue weighted by atomic mass is 19.1. The van der Waals surface area contributed by atoms with Crippen LogP contribution in [0.15, 0.2) is 65.5 Å². The van der Waals surface area contributed by atoms with E-state index in [1.165, 1.54) is 16.6 Å². The third-order valence-electron chi connectivity index (χ3n) is 6.13. The largest absolute Gasteiger partial charge is 0.293 e. The van der Waals surface area contributed by atoms with Crippen LogP contribution in [0.25, 0.3) is 38.8 Å². The molecular weight excluding hydrogens is 422 g/mol. The summed E-state index contributed by atoms with van der Waals surface area (Å²) < 4.78 is 29.7. The number of nitrogens with zero attached hydrogens (tertiary/aromatic N) is 3. The van der Waals surface area contributed by atoms with Crippen LogP contribution in [0.5, 0.6) is 0 Å². The van der Waals surface area contributed by atoms with Crippen molar-refractivity contribution in [3.8, 4) is 28.3 Å². The molecule has 0 atom stereocenters. The molecule has 33 heavy (non-hydrogen) atoms. The second-order valence-electron chi connectivity index (χ2n) is 8.30. The van der Waals surface area contributed by atoms with Gasteiger partial charge in [0.15, 0.2) is 5.65 Å². The van der Waals surface area contributed by atoms with Gasteiger partial charge in [0.25, 0.3) is 5.56 Å². The van der Waals surface area contributed by atoms with Crippen LogP contribution in [-0.4, -0.2) is 14.6 Å². The van der Waals surface area contributed by atoms with E-state index in [1.54, 1.807) is 18.2 Å². The molecule has 0 saturated heterocycles. The van der Waals surface area contributed by atoms with Crippen molar-refractivity contribution in [2.45, 2.75) is 18.8 Å². The molecule has 0 radical (unpaired) electrons. The Kier molecular flexibility index (Phi) is 4.17. The summed E-state index contributed by atoms with van der Waals surface area (Å²) in [6.45, 7) is 0. The van der Waals surface area contributed by atoms with E-state index in [1.807, 2.05) is 24.3 Å². The highest BCUT2D eigenvalue weighted by Crippen LogP contribution is 2.45. The molecule has 3 aromatic carbocycles. The van der Waals surface area contributed by atoms with Gasteiger partial charge in [0, 0.05) is 23.2 Å². The minimum absolute atomic E-state index is 0.183. The van der Waals surface area contributed by atoms with Crippen LogP contribution >= 0.6 is 0 Å². The lowest BCUT2D eigenvalue weighted by Crippen LogP contribution is -2.15. The highest BCUT2D eigenvalue weighted by Gasteiger charge is 2.32. The first-order valence-corrected chi connectivity index (χ1v) is 10.6. The zero-order valence-corrected chi connectivity index (χ0v) is 17.3. The first kappa shape index (κ1) is 19.4. The Hall–Kier alpha value is -4.31. The van der Waals surface area contributed by atoms with Crippen LogP contribution < -0.4 is 5.56 Å². The molecule has 1 fully saturated rings. The van der Waals surface area contributed by atoms with Crippen LogP contribution in [0.1, 0.15) is 30.0 Å². The molecule has 5 nitrogen and oxygen atoms in total. The lowest BCUT2D eigenvalue weighted by atomic mass is 10.0. The Morgan fingerprint density at radius 1 is 1.00 bits per heavy atom. The summed E-state index contributed by atoms with van der Waals surface area (Å²) in [4.78, 5) is 18.0. The maximum absolute atomic E-state index is 14.8. The standard InChI is InChI=1S/C26H16F2N4O/c27-18-8-10-19(21(28)12-18)23-24(16-5-6-16)31-32-25(23)30-22-11-17(7-9-20(22)26(32)33)15-3-1-14(13-29)2-4-15/h1-4,7-12,16,31H,5-6H2. The topological polar surface area (TPSA) is 73.9 Å². The predicted molar refractivity (Wildman–Crippen MR) is 121 cm³/mol. The summed E-state index contributed by atoms with van der Waals surface area (Å²) in [7, 11) is 0. The van der Waals surface area contributed by atoms with Gasteiger partial charge in [-0.2, -0.15) is 5.26 Å². The summed E-state index contributed by atoms with van der Waals surface area (Å²) in [5.41, 5.74) is 4.26. The number of rotatable bonds is 3. The SMILES string of the molecule is N#Cc1ccc(-c2ccc3c(=O)n4[nH]c(C5CC5)c(-c5ccc(F)cc5F)c4nc3c2)cc1. The molecule has 6 rings (SSSR count). The van der Waals surface area contributed by atoms with Crippen molar-refractivity contribution in [3.63, 3.8) is 0 Å². The quantitative estimate of drug-likeness (QED) is 0.402. The van der Waals surface area contributed by atoms with Gasteiger partial charge in [0.2, 0.25) is 0 Å². The van der Waals surface area contributed by atoms with Crippen LogP contribution in [0, 0.1) is 23.0 Å². The summed E-state index contributed by atoms with van der Waals surface area (Å²) in [6.07, 6.45) is 1.86. The number of aromatic amines is 1. The number of hydrogen-bond donors (Lipinski definition) is 1. The lowest BCUT2D eigenvalue weighted by molar-refractivity contribution is 0.585. The van der Waals surface area contributed by atoms with Crippen molar-refractivity contribution in [2.75, 3.05) is 0 Å². The maximum Gasteiger partial charge on any atom is 0.280 e. The molecule has 1 aliphatic rings. The summed E-state index contributed by atoms with van der Waals surface area (Å²) in [5.74, 6) is -1.17. The fourth-order valence-electron chi connectivity index (χ4n) is 4.30. The number of benzene rings is 3. The van der Waals surface area contributed by atoms with Crippen molar-refractivity contribution in [2.24, 2.45) is 0 Å². The normalized spacial score (nSPS) is 13.5. The molecule has 2 aromatic heterocycles. The van der Waals surface area contributed by atoms with E-state index < -0.39 is 11.6 Å². The second-order valence-corrected chi connectivity index (χ2v) is 8.30. The number of nitrogens with one attached hydrogen (secondary N) is 1. The average Bonchev–Trinajstić information content (AvgIpc) is 3.60. The monoisotopic (exact) mass is 438 g/mol. The zero-order chi connectivity index (χ0) is 22.7. The maximum atomic E-state index is 14.8. The molecule has 1 saturated carbocycles. The number of halogens is 2. The molecule has 5 aromatic rings. The molecule has 1 N–H and O–H groups in total. The number of fused-ring (bicyclic) bond motifs is 2. The van der Waals surface area contributed by atoms with Gasteiger partial charge in [-0.3, -0.25) is 9.89 Å². The van der Waals surface area contributed by atoms with Crippen LogP contribution in [0.2, 0.25) is 0 Å². The van der Waals surface area contributed by atoms with Gasteiger partial charge < -0.3 is 0 Å². The molecule has 0 spiro atoms. The second kappa shape index (κ2) is 7.10. The van der Waals surface area contributed by atoms with E-state index in [2.05, 4.69) is 11.2 Å². The molecule has 0 unspecified atom stereocenters. The summed E-state index contributed by atoms with van der Waals surface area (Å²) in [6, 6.07) is 18.1. The van der Waals surface area contributed by atoms with Gasteiger partial charge in [-0.05, 0) is 60.4 Å². The third kappa shape index (κ3) is 3.11. The molecule has 0 bridgehead atoms. The van der Waals surface area contributed by atoms with Crippen molar-refractivity contribution < 1.29 is 8.78 Å². The van der Waals surface area contributed by atoms with Gasteiger partial charge in [-0.25, -0.2) is 18.3 Å². The van der Waals surface area contributed by atoms with Crippen molar-refractivity contribution in [1.29, 1.82) is 5.26 Å². The predicted octanol–water partition coefficient (Wildman–Crippen LogP) is 5.54. The molecule has 160 valence electrons. The first-order valence-electron chi connectivity index (χ1n) is 10.6. The minimum Gasteiger partial charge on any atom is -0.293 e. The van der Waals surface area contributed by atoms with Crippen molar-refractivity contribution >= 4 is 16.6 Å². The summed E-state index contributed by atoms with van der Waals surface area (Å²) in [5, 5.41) is 12.6. The number of aromatic nitrogens is 3. The van der Waals surface area contributed by atoms with E-state index in [0.717, 1.165) is 35.7 Å². The summed E-state index contributed by atoms with van der Waals surface area (Å²) >= 11 is 0. The highest BCUT2D eigenvalue weighted by molar-refractivity contribution is 5.89. The van der Waals surface area contributed by atoms with E-state index in [4.69, 9.17) is 10.2 Å². The number of H-pyrrole nitrogens is 1. The molecule has 2 heterocycles. The van der Waals surface area contributed by atoms with Gasteiger partial charge in [-0.1, -0.05) is 18.2 Å². The van der Waals surface area contributed by atoms with Crippen molar-refractivity contribution in [3.05, 3.63) is 93.9 Å². The molecule has 1 aliphatic carbocycles. The van der Waals surface area contributed by atoms with Gasteiger partial charge in [-0.15, -0.1) is 0 Å². The fraction of sp³-hybridized carbons (Fsp3) is 0.115. The van der Waals surface area contributed by atoms with Gasteiger partial charge in [0.05, 0.1) is 28.1 Å². The lowest BCUT2D eigenvalue weighted by Gasteiger charge is -2.06. The number of nitriles is 1. The minimum atomic E-state index is -0.695.